The van der Waals surface area contributed by atoms with Crippen molar-refractivity contribution in [1.82, 2.24) is 5.32 Å². The van der Waals surface area contributed by atoms with Crippen LogP contribution in [0.4, 0.5) is 5.69 Å². The Balaban J connectivity index is 1.87. The lowest BCUT2D eigenvalue weighted by molar-refractivity contribution is -0.123. The zero-order chi connectivity index (χ0) is 12.1. The summed E-state index contributed by atoms with van der Waals surface area (Å²) >= 11 is 1.54. The maximum Gasteiger partial charge on any atom is 0.233 e. The first-order valence-electron chi connectivity index (χ1n) is 5.50. The molecule has 90 valence electrons. The van der Waals surface area contributed by atoms with Gasteiger partial charge in [-0.1, -0.05) is 18.2 Å². The minimum absolute atomic E-state index is 0.0375. The van der Waals surface area contributed by atoms with Gasteiger partial charge in [0.15, 0.2) is 0 Å². The highest BCUT2D eigenvalue weighted by Crippen LogP contribution is 2.18. The van der Waals surface area contributed by atoms with E-state index in [-0.39, 0.29) is 23.5 Å². The standard InChI is InChI=1S/C12H14N2O2S/c15-11(14-9-4-2-1-3-5-9)8-10-12(16)13-6-7-17-10/h1-5,10H,6-8H2,(H,13,16)(H,14,15)/t10-/m0/s1. The minimum Gasteiger partial charge on any atom is -0.354 e. The van der Waals surface area contributed by atoms with Gasteiger partial charge in [-0.2, -0.15) is 0 Å². The molecule has 1 aliphatic heterocycles. The molecule has 2 N–H and O–H groups in total. The van der Waals surface area contributed by atoms with Crippen molar-refractivity contribution >= 4 is 29.3 Å². The molecule has 17 heavy (non-hydrogen) atoms. The fourth-order valence-electron chi connectivity index (χ4n) is 1.62. The number of carbonyl (C=O) groups excluding carboxylic acids is 2. The molecule has 1 atom stereocenters. The zero-order valence-electron chi connectivity index (χ0n) is 9.31. The topological polar surface area (TPSA) is 58.2 Å². The molecule has 2 rings (SSSR count). The van der Waals surface area contributed by atoms with Crippen LogP contribution in [0.3, 0.4) is 0 Å². The largest absolute Gasteiger partial charge is 0.354 e. The van der Waals surface area contributed by atoms with E-state index in [2.05, 4.69) is 10.6 Å². The average molecular weight is 250 g/mol. The molecule has 1 aliphatic rings. The molecule has 0 unspecified atom stereocenters. The lowest BCUT2D eigenvalue weighted by Gasteiger charge is -2.20. The highest BCUT2D eigenvalue weighted by molar-refractivity contribution is 8.00. The van der Waals surface area contributed by atoms with Gasteiger partial charge in [-0.15, -0.1) is 11.8 Å². The monoisotopic (exact) mass is 250 g/mol. The van der Waals surface area contributed by atoms with Gasteiger partial charge in [0.1, 0.15) is 0 Å². The second-order valence-corrected chi connectivity index (χ2v) is 5.08. The molecular formula is C12H14N2O2S. The summed E-state index contributed by atoms with van der Waals surface area (Å²) in [4.78, 5) is 23.2. The predicted octanol–water partition coefficient (Wildman–Crippen LogP) is 1.25. The molecule has 0 aromatic heterocycles. The Morgan fingerprint density at radius 3 is 2.88 bits per heavy atom. The number of benzene rings is 1. The Morgan fingerprint density at radius 2 is 2.18 bits per heavy atom. The quantitative estimate of drug-likeness (QED) is 0.848. The first-order valence-corrected chi connectivity index (χ1v) is 6.55. The highest BCUT2D eigenvalue weighted by Gasteiger charge is 2.25. The summed E-state index contributed by atoms with van der Waals surface area (Å²) in [5, 5.41) is 5.28. The second-order valence-electron chi connectivity index (χ2n) is 3.77. The third kappa shape index (κ3) is 3.49. The Bertz CT molecular complexity index is 408. The minimum atomic E-state index is -0.257. The van der Waals surface area contributed by atoms with Gasteiger partial charge in [-0.25, -0.2) is 0 Å². The van der Waals surface area contributed by atoms with E-state index in [1.165, 1.54) is 11.8 Å². The molecule has 2 amide bonds. The van der Waals surface area contributed by atoms with Gasteiger partial charge in [-0.3, -0.25) is 9.59 Å². The van der Waals surface area contributed by atoms with Crippen LogP contribution in [0, 0.1) is 0 Å². The molecule has 4 nitrogen and oxygen atoms in total. The summed E-state index contributed by atoms with van der Waals surface area (Å²) in [6, 6.07) is 9.26. The summed E-state index contributed by atoms with van der Waals surface area (Å²) in [6.45, 7) is 0.695. The Morgan fingerprint density at radius 1 is 1.41 bits per heavy atom. The summed E-state index contributed by atoms with van der Waals surface area (Å²) in [6.07, 6.45) is 0.228. The van der Waals surface area contributed by atoms with Crippen molar-refractivity contribution in [2.75, 3.05) is 17.6 Å². The van der Waals surface area contributed by atoms with Gasteiger partial charge in [0.05, 0.1) is 5.25 Å². The van der Waals surface area contributed by atoms with E-state index < -0.39 is 0 Å². The van der Waals surface area contributed by atoms with E-state index in [0.29, 0.717) is 6.54 Å². The molecule has 1 aromatic rings. The molecular weight excluding hydrogens is 236 g/mol. The fraction of sp³-hybridized carbons (Fsp3) is 0.333. The number of hydrogen-bond acceptors (Lipinski definition) is 3. The number of carbonyl (C=O) groups is 2. The lowest BCUT2D eigenvalue weighted by atomic mass is 10.2. The molecule has 0 bridgehead atoms. The van der Waals surface area contributed by atoms with Crippen molar-refractivity contribution in [3.8, 4) is 0 Å². The van der Waals surface area contributed by atoms with Crippen LogP contribution in [-0.4, -0.2) is 29.4 Å². The Kier molecular flexibility index (Phi) is 4.03. The maximum atomic E-state index is 11.7. The number of thioether (sulfide) groups is 1. The fourth-order valence-corrected chi connectivity index (χ4v) is 2.63. The van der Waals surface area contributed by atoms with Crippen LogP contribution < -0.4 is 10.6 Å². The van der Waals surface area contributed by atoms with Crippen molar-refractivity contribution < 1.29 is 9.59 Å². The third-order valence-electron chi connectivity index (χ3n) is 2.44. The first-order chi connectivity index (χ1) is 8.25. The van der Waals surface area contributed by atoms with Crippen LogP contribution in [0.2, 0.25) is 0 Å². The van der Waals surface area contributed by atoms with Gasteiger partial charge >= 0.3 is 0 Å². The third-order valence-corrected chi connectivity index (χ3v) is 3.66. The van der Waals surface area contributed by atoms with E-state index in [9.17, 15) is 9.59 Å². The Hall–Kier alpha value is -1.49. The second kappa shape index (κ2) is 5.72. The van der Waals surface area contributed by atoms with Crippen molar-refractivity contribution in [2.45, 2.75) is 11.7 Å². The Labute approximate surface area is 104 Å². The van der Waals surface area contributed by atoms with Crippen LogP contribution in [0.25, 0.3) is 0 Å². The highest BCUT2D eigenvalue weighted by atomic mass is 32.2. The molecule has 0 radical (unpaired) electrons. The van der Waals surface area contributed by atoms with Crippen LogP contribution in [-0.2, 0) is 9.59 Å². The maximum absolute atomic E-state index is 11.7. The van der Waals surface area contributed by atoms with Crippen molar-refractivity contribution in [1.29, 1.82) is 0 Å². The molecule has 1 heterocycles. The summed E-state index contributed by atoms with van der Waals surface area (Å²) < 4.78 is 0. The number of rotatable bonds is 3. The zero-order valence-corrected chi connectivity index (χ0v) is 10.1. The number of nitrogens with one attached hydrogen (secondary N) is 2. The van der Waals surface area contributed by atoms with Gasteiger partial charge in [-0.05, 0) is 12.1 Å². The van der Waals surface area contributed by atoms with E-state index in [0.717, 1.165) is 11.4 Å². The average Bonchev–Trinajstić information content (AvgIpc) is 2.33. The molecule has 1 fully saturated rings. The molecule has 5 heteroatoms. The summed E-state index contributed by atoms with van der Waals surface area (Å²) in [7, 11) is 0. The summed E-state index contributed by atoms with van der Waals surface area (Å²) in [5.74, 6) is 0.713. The van der Waals surface area contributed by atoms with E-state index in [1.54, 1.807) is 0 Å². The smallest absolute Gasteiger partial charge is 0.233 e. The number of anilines is 1. The van der Waals surface area contributed by atoms with Gasteiger partial charge in [0, 0.05) is 24.4 Å². The lowest BCUT2D eigenvalue weighted by Crippen LogP contribution is -2.40. The van der Waals surface area contributed by atoms with Crippen LogP contribution in [0.5, 0.6) is 0 Å². The van der Waals surface area contributed by atoms with E-state index in [1.807, 2.05) is 30.3 Å². The van der Waals surface area contributed by atoms with Crippen LogP contribution in [0.15, 0.2) is 30.3 Å². The van der Waals surface area contributed by atoms with Crippen molar-refractivity contribution in [2.24, 2.45) is 0 Å². The molecule has 1 aromatic carbocycles. The van der Waals surface area contributed by atoms with Gasteiger partial charge < -0.3 is 10.6 Å². The van der Waals surface area contributed by atoms with Crippen LogP contribution >= 0.6 is 11.8 Å². The van der Waals surface area contributed by atoms with Crippen molar-refractivity contribution in [3.05, 3.63) is 30.3 Å². The van der Waals surface area contributed by atoms with Gasteiger partial charge in [0.2, 0.25) is 11.8 Å². The molecule has 1 saturated heterocycles. The molecule has 0 aliphatic carbocycles. The van der Waals surface area contributed by atoms with E-state index >= 15 is 0 Å². The number of hydrogen-bond donors (Lipinski definition) is 2. The predicted molar refractivity (Wildman–Crippen MR) is 68.9 cm³/mol. The molecule has 0 spiro atoms. The number of para-hydroxylation sites is 1. The van der Waals surface area contributed by atoms with Crippen molar-refractivity contribution in [3.63, 3.8) is 0 Å². The van der Waals surface area contributed by atoms with E-state index in [4.69, 9.17) is 0 Å². The SMILES string of the molecule is O=C(C[C@@H]1SCCNC1=O)Nc1ccccc1. The normalized spacial score (nSPS) is 19.5. The van der Waals surface area contributed by atoms with Crippen LogP contribution in [0.1, 0.15) is 6.42 Å². The summed E-state index contributed by atoms with van der Waals surface area (Å²) in [5.41, 5.74) is 0.763. The first kappa shape index (κ1) is 12.0. The van der Waals surface area contributed by atoms with Gasteiger partial charge in [0.25, 0.3) is 0 Å². The number of amides is 2. The molecule has 0 saturated carbocycles.